The van der Waals surface area contributed by atoms with Crippen molar-refractivity contribution in [3.63, 3.8) is 0 Å². The molecule has 8 heteroatoms. The highest BCUT2D eigenvalue weighted by Crippen LogP contribution is 2.15. The third-order valence-corrected chi connectivity index (χ3v) is 5.65. The molecule has 166 valence electrons. The monoisotopic (exact) mass is 433 g/mol. The Morgan fingerprint density at radius 3 is 2.56 bits per heavy atom. The van der Waals surface area contributed by atoms with Crippen LogP contribution in [0.4, 0.5) is 0 Å². The summed E-state index contributed by atoms with van der Waals surface area (Å²) in [5.41, 5.74) is 3.27. The molecule has 4 aromatic rings. The van der Waals surface area contributed by atoms with Crippen molar-refractivity contribution in [3.05, 3.63) is 79.5 Å². The maximum absolute atomic E-state index is 13.4. The van der Waals surface area contributed by atoms with Crippen molar-refractivity contribution in [1.29, 1.82) is 0 Å². The van der Waals surface area contributed by atoms with Gasteiger partial charge in [-0.2, -0.15) is 0 Å². The second-order valence-electron chi connectivity index (χ2n) is 8.71. The minimum atomic E-state index is -0.360. The van der Waals surface area contributed by atoms with Crippen molar-refractivity contribution in [1.82, 2.24) is 24.1 Å². The highest BCUT2D eigenvalue weighted by atomic mass is 16.2. The van der Waals surface area contributed by atoms with Crippen LogP contribution in [-0.2, 0) is 13.6 Å². The maximum Gasteiger partial charge on any atom is 0.352 e. The van der Waals surface area contributed by atoms with Crippen molar-refractivity contribution < 1.29 is 4.79 Å². The van der Waals surface area contributed by atoms with E-state index in [2.05, 4.69) is 10.4 Å². The molecule has 2 aromatic carbocycles. The summed E-state index contributed by atoms with van der Waals surface area (Å²) in [7, 11) is 1.59. The van der Waals surface area contributed by atoms with E-state index < -0.39 is 0 Å². The number of benzene rings is 2. The summed E-state index contributed by atoms with van der Waals surface area (Å²) >= 11 is 0. The maximum atomic E-state index is 13.4. The normalized spacial score (nSPS) is 11.6. The summed E-state index contributed by atoms with van der Waals surface area (Å²) in [4.78, 5) is 38.8. The molecule has 0 spiro atoms. The Kier molecular flexibility index (Phi) is 5.46. The molecular weight excluding hydrogens is 406 g/mol. The number of aromatic nitrogens is 4. The molecule has 1 amide bonds. The van der Waals surface area contributed by atoms with Gasteiger partial charge in [0, 0.05) is 19.2 Å². The van der Waals surface area contributed by atoms with Crippen LogP contribution in [0.5, 0.6) is 0 Å². The van der Waals surface area contributed by atoms with E-state index in [1.807, 2.05) is 45.9 Å². The number of rotatable bonds is 5. The fraction of sp³-hybridized carbons (Fsp3) is 0.333. The number of nitrogens with one attached hydrogen (secondary N) is 1. The zero-order valence-electron chi connectivity index (χ0n) is 19.0. The van der Waals surface area contributed by atoms with Gasteiger partial charge in [-0.25, -0.2) is 13.9 Å². The van der Waals surface area contributed by atoms with Gasteiger partial charge in [0.25, 0.3) is 11.5 Å². The Labute approximate surface area is 185 Å². The predicted octanol–water partition coefficient (Wildman–Crippen LogP) is 2.40. The van der Waals surface area contributed by atoms with Crippen LogP contribution >= 0.6 is 0 Å². The van der Waals surface area contributed by atoms with E-state index in [9.17, 15) is 14.4 Å². The van der Waals surface area contributed by atoms with E-state index in [0.29, 0.717) is 28.9 Å². The molecule has 0 radical (unpaired) electrons. The van der Waals surface area contributed by atoms with Crippen LogP contribution < -0.4 is 16.6 Å². The lowest BCUT2D eigenvalue weighted by Gasteiger charge is -2.09. The van der Waals surface area contributed by atoms with Crippen molar-refractivity contribution >= 4 is 22.6 Å². The fourth-order valence-corrected chi connectivity index (χ4v) is 3.77. The molecule has 0 fully saturated rings. The molecule has 0 saturated carbocycles. The summed E-state index contributed by atoms with van der Waals surface area (Å²) in [5, 5.41) is 7.68. The van der Waals surface area contributed by atoms with Gasteiger partial charge in [0.15, 0.2) is 0 Å². The smallest absolute Gasteiger partial charge is 0.352 e. The second kappa shape index (κ2) is 8.11. The average molecular weight is 434 g/mol. The number of carbonyl (C=O) groups is 1. The van der Waals surface area contributed by atoms with Crippen LogP contribution in [0.15, 0.2) is 46.0 Å². The Bertz CT molecular complexity index is 1470. The molecule has 2 heterocycles. The van der Waals surface area contributed by atoms with Gasteiger partial charge < -0.3 is 5.32 Å². The SMILES string of the molecule is Cc1ccc(C)c(Cn2nc3n(C)c(=O)c4ccc(C(=O)NCC(C)C)cc4n3c2=O)c1. The van der Waals surface area contributed by atoms with Gasteiger partial charge in [-0.05, 0) is 49.1 Å². The van der Waals surface area contributed by atoms with Crippen LogP contribution in [0, 0.1) is 19.8 Å². The van der Waals surface area contributed by atoms with Gasteiger partial charge in [0.05, 0.1) is 17.4 Å². The zero-order valence-corrected chi connectivity index (χ0v) is 19.0. The standard InChI is InChI=1S/C24H27N5O3/c1-14(2)12-25-21(30)17-8-9-19-20(11-17)29-23(27(5)22(19)31)26-28(24(29)32)13-18-10-15(3)6-7-16(18)4/h6-11,14H,12-13H2,1-5H3,(H,25,30). The van der Waals surface area contributed by atoms with Crippen LogP contribution in [0.25, 0.3) is 16.7 Å². The Morgan fingerprint density at radius 2 is 1.84 bits per heavy atom. The number of fused-ring (bicyclic) bond motifs is 3. The van der Waals surface area contributed by atoms with Crippen molar-refractivity contribution in [2.24, 2.45) is 13.0 Å². The highest BCUT2D eigenvalue weighted by molar-refractivity contribution is 5.98. The Hall–Kier alpha value is -3.68. The number of hydrogen-bond acceptors (Lipinski definition) is 4. The molecule has 0 saturated heterocycles. The third-order valence-electron chi connectivity index (χ3n) is 5.65. The summed E-state index contributed by atoms with van der Waals surface area (Å²) in [6, 6.07) is 10.9. The minimum absolute atomic E-state index is 0.234. The van der Waals surface area contributed by atoms with E-state index in [1.54, 1.807) is 25.2 Å². The number of hydrogen-bond donors (Lipinski definition) is 1. The molecule has 8 nitrogen and oxygen atoms in total. The second-order valence-corrected chi connectivity index (χ2v) is 8.71. The van der Waals surface area contributed by atoms with Gasteiger partial charge >= 0.3 is 5.69 Å². The molecule has 0 aliphatic carbocycles. The molecule has 32 heavy (non-hydrogen) atoms. The quantitative estimate of drug-likeness (QED) is 0.523. The first-order valence-electron chi connectivity index (χ1n) is 10.6. The lowest BCUT2D eigenvalue weighted by Crippen LogP contribution is -2.28. The minimum Gasteiger partial charge on any atom is -0.352 e. The van der Waals surface area contributed by atoms with Crippen LogP contribution in [0.1, 0.15) is 40.9 Å². The Morgan fingerprint density at radius 1 is 1.09 bits per heavy atom. The van der Waals surface area contributed by atoms with Gasteiger partial charge in [0.2, 0.25) is 5.78 Å². The Balaban J connectivity index is 1.90. The van der Waals surface area contributed by atoms with Crippen LogP contribution in [0.3, 0.4) is 0 Å². The lowest BCUT2D eigenvalue weighted by molar-refractivity contribution is 0.0949. The lowest BCUT2D eigenvalue weighted by atomic mass is 10.1. The first kappa shape index (κ1) is 21.5. The average Bonchev–Trinajstić information content (AvgIpc) is 3.08. The number of nitrogens with zero attached hydrogens (tertiary/aromatic N) is 4. The third kappa shape index (κ3) is 3.72. The summed E-state index contributed by atoms with van der Waals surface area (Å²) in [6.45, 7) is 8.84. The first-order chi connectivity index (χ1) is 15.2. The van der Waals surface area contributed by atoms with E-state index in [-0.39, 0.29) is 29.5 Å². The number of aryl methyl sites for hydroxylation is 3. The van der Waals surface area contributed by atoms with Gasteiger partial charge in [-0.3, -0.25) is 14.2 Å². The summed E-state index contributed by atoms with van der Waals surface area (Å²) in [5.74, 6) is 0.298. The fourth-order valence-electron chi connectivity index (χ4n) is 3.77. The number of amides is 1. The number of carbonyl (C=O) groups excluding carboxylic acids is 1. The van der Waals surface area contributed by atoms with Crippen molar-refractivity contribution in [2.75, 3.05) is 6.54 Å². The van der Waals surface area contributed by atoms with E-state index >= 15 is 0 Å². The largest absolute Gasteiger partial charge is 0.352 e. The topological polar surface area (TPSA) is 90.4 Å². The predicted molar refractivity (Wildman–Crippen MR) is 124 cm³/mol. The molecule has 1 N–H and O–H groups in total. The van der Waals surface area contributed by atoms with Crippen LogP contribution in [0.2, 0.25) is 0 Å². The molecule has 0 bridgehead atoms. The van der Waals surface area contributed by atoms with Gasteiger partial charge in [-0.15, -0.1) is 5.10 Å². The zero-order chi connectivity index (χ0) is 23.2. The van der Waals surface area contributed by atoms with Crippen molar-refractivity contribution in [2.45, 2.75) is 34.2 Å². The summed E-state index contributed by atoms with van der Waals surface area (Å²) < 4.78 is 4.13. The van der Waals surface area contributed by atoms with E-state index in [0.717, 1.165) is 16.7 Å². The summed E-state index contributed by atoms with van der Waals surface area (Å²) in [6.07, 6.45) is 0. The highest BCUT2D eigenvalue weighted by Gasteiger charge is 2.18. The van der Waals surface area contributed by atoms with E-state index in [1.165, 1.54) is 13.6 Å². The van der Waals surface area contributed by atoms with Crippen LogP contribution in [-0.4, -0.2) is 31.2 Å². The van der Waals surface area contributed by atoms with Crippen molar-refractivity contribution in [3.8, 4) is 0 Å². The molecule has 4 rings (SSSR count). The molecule has 0 atom stereocenters. The molecular formula is C24H27N5O3. The molecule has 0 unspecified atom stereocenters. The molecule has 0 aliphatic heterocycles. The van der Waals surface area contributed by atoms with Gasteiger partial charge in [0.1, 0.15) is 0 Å². The first-order valence-corrected chi connectivity index (χ1v) is 10.6. The molecule has 0 aliphatic rings. The van der Waals surface area contributed by atoms with Gasteiger partial charge in [-0.1, -0.05) is 37.6 Å². The van der Waals surface area contributed by atoms with E-state index in [4.69, 9.17) is 0 Å². The molecule has 2 aromatic heterocycles.